The summed E-state index contributed by atoms with van der Waals surface area (Å²) in [6.45, 7) is 0. The fourth-order valence-corrected chi connectivity index (χ4v) is 2.09. The van der Waals surface area contributed by atoms with Crippen molar-refractivity contribution in [3.05, 3.63) is 63.2 Å². The monoisotopic (exact) mass is 287 g/mol. The lowest BCUT2D eigenvalue weighted by atomic mass is 10.2. The van der Waals surface area contributed by atoms with Crippen molar-refractivity contribution in [2.75, 3.05) is 11.9 Å². The first kappa shape index (κ1) is 13.8. The number of para-hydroxylation sites is 1. The van der Waals surface area contributed by atoms with Crippen molar-refractivity contribution in [3.63, 3.8) is 0 Å². The maximum Gasteiger partial charge on any atom is 0.311 e. The highest BCUT2D eigenvalue weighted by Crippen LogP contribution is 2.37. The number of nitriles is 1. The molecule has 0 N–H and O–H groups in total. The molecular formula is C14H10ClN3O2. The first-order chi connectivity index (χ1) is 9.54. The molecule has 0 unspecified atom stereocenters. The summed E-state index contributed by atoms with van der Waals surface area (Å²) in [4.78, 5) is 12.3. The van der Waals surface area contributed by atoms with Gasteiger partial charge in [0.25, 0.3) is 0 Å². The zero-order valence-corrected chi connectivity index (χ0v) is 11.3. The molecule has 6 heteroatoms. The maximum atomic E-state index is 11.1. The number of rotatable bonds is 3. The van der Waals surface area contributed by atoms with Crippen LogP contribution in [0.25, 0.3) is 0 Å². The molecule has 0 aliphatic carbocycles. The van der Waals surface area contributed by atoms with E-state index in [0.717, 1.165) is 5.69 Å². The van der Waals surface area contributed by atoms with Crippen molar-refractivity contribution in [1.29, 1.82) is 5.26 Å². The Morgan fingerprint density at radius 1 is 1.25 bits per heavy atom. The molecule has 0 amide bonds. The minimum Gasteiger partial charge on any atom is -0.339 e. The largest absolute Gasteiger partial charge is 0.339 e. The molecule has 100 valence electrons. The van der Waals surface area contributed by atoms with Crippen LogP contribution in [0.4, 0.5) is 17.1 Å². The van der Waals surface area contributed by atoms with E-state index in [9.17, 15) is 10.1 Å². The van der Waals surface area contributed by atoms with Crippen molar-refractivity contribution >= 4 is 28.7 Å². The zero-order chi connectivity index (χ0) is 14.7. The third-order valence-electron chi connectivity index (χ3n) is 2.89. The second-order valence-corrected chi connectivity index (χ2v) is 4.49. The Morgan fingerprint density at radius 2 is 1.90 bits per heavy atom. The number of benzene rings is 2. The molecule has 5 nitrogen and oxygen atoms in total. The van der Waals surface area contributed by atoms with Crippen LogP contribution >= 0.6 is 11.6 Å². The van der Waals surface area contributed by atoms with Gasteiger partial charge >= 0.3 is 5.69 Å². The number of hydrogen-bond acceptors (Lipinski definition) is 4. The van der Waals surface area contributed by atoms with Crippen LogP contribution in [0.3, 0.4) is 0 Å². The van der Waals surface area contributed by atoms with Gasteiger partial charge in [-0.3, -0.25) is 10.1 Å². The molecule has 0 radical (unpaired) electrons. The standard InChI is InChI=1S/C14H10ClN3O2/c1-17(11-7-5-10(9-16)6-8-11)13-4-2-3-12(15)14(13)18(19)20/h2-8H,1H3. The van der Waals surface area contributed by atoms with Crippen LogP contribution in [0, 0.1) is 21.4 Å². The average Bonchev–Trinajstić information content (AvgIpc) is 2.46. The second kappa shape index (κ2) is 5.59. The summed E-state index contributed by atoms with van der Waals surface area (Å²) in [7, 11) is 1.71. The van der Waals surface area contributed by atoms with Crippen molar-refractivity contribution in [3.8, 4) is 6.07 Å². The molecule has 0 atom stereocenters. The van der Waals surface area contributed by atoms with E-state index in [1.54, 1.807) is 48.3 Å². The van der Waals surface area contributed by atoms with Gasteiger partial charge in [0.1, 0.15) is 10.7 Å². The third-order valence-corrected chi connectivity index (χ3v) is 3.20. The lowest BCUT2D eigenvalue weighted by Crippen LogP contribution is -2.11. The van der Waals surface area contributed by atoms with Crippen LogP contribution in [0.15, 0.2) is 42.5 Å². The summed E-state index contributed by atoms with van der Waals surface area (Å²) in [5.74, 6) is 0. The van der Waals surface area contributed by atoms with E-state index in [0.29, 0.717) is 11.3 Å². The molecule has 0 aliphatic rings. The number of hydrogen-bond donors (Lipinski definition) is 0. The molecule has 0 saturated carbocycles. The van der Waals surface area contributed by atoms with Gasteiger partial charge in [0.2, 0.25) is 0 Å². The molecule has 0 saturated heterocycles. The number of nitrogens with zero attached hydrogens (tertiary/aromatic N) is 3. The summed E-state index contributed by atoms with van der Waals surface area (Å²) in [6.07, 6.45) is 0. The first-order valence-electron chi connectivity index (χ1n) is 5.71. The SMILES string of the molecule is CN(c1ccc(C#N)cc1)c1cccc(Cl)c1[N+](=O)[O-]. The van der Waals surface area contributed by atoms with Gasteiger partial charge in [-0.15, -0.1) is 0 Å². The first-order valence-corrected chi connectivity index (χ1v) is 6.09. The molecule has 0 bridgehead atoms. The quantitative estimate of drug-likeness (QED) is 0.634. The van der Waals surface area contributed by atoms with E-state index >= 15 is 0 Å². The van der Waals surface area contributed by atoms with Crippen LogP contribution in [0.2, 0.25) is 5.02 Å². The average molecular weight is 288 g/mol. The van der Waals surface area contributed by atoms with E-state index in [1.165, 1.54) is 6.07 Å². The number of nitro groups is 1. The molecule has 0 spiro atoms. The van der Waals surface area contributed by atoms with E-state index in [2.05, 4.69) is 0 Å². The van der Waals surface area contributed by atoms with Crippen LogP contribution in [0.1, 0.15) is 5.56 Å². The Labute approximate surface area is 120 Å². The topological polar surface area (TPSA) is 70.2 Å². The van der Waals surface area contributed by atoms with Gasteiger partial charge in [0.05, 0.1) is 16.6 Å². The third kappa shape index (κ3) is 2.56. The van der Waals surface area contributed by atoms with E-state index < -0.39 is 4.92 Å². The highest BCUT2D eigenvalue weighted by Gasteiger charge is 2.21. The highest BCUT2D eigenvalue weighted by molar-refractivity contribution is 6.33. The van der Waals surface area contributed by atoms with Crippen LogP contribution < -0.4 is 4.90 Å². The summed E-state index contributed by atoms with van der Waals surface area (Å²) >= 11 is 5.89. The zero-order valence-electron chi connectivity index (χ0n) is 10.6. The lowest BCUT2D eigenvalue weighted by molar-refractivity contribution is -0.383. The summed E-state index contributed by atoms with van der Waals surface area (Å²) < 4.78 is 0. The molecule has 0 aromatic heterocycles. The van der Waals surface area contributed by atoms with Gasteiger partial charge in [-0.2, -0.15) is 5.26 Å². The Balaban J connectivity index is 2.48. The molecule has 0 aliphatic heterocycles. The molecule has 2 aromatic carbocycles. The predicted molar refractivity (Wildman–Crippen MR) is 77.3 cm³/mol. The number of nitro benzene ring substituents is 1. The summed E-state index contributed by atoms with van der Waals surface area (Å²) in [6, 6.07) is 13.6. The molecule has 2 rings (SSSR count). The Hall–Kier alpha value is -2.58. The van der Waals surface area contributed by atoms with Crippen molar-refractivity contribution in [2.24, 2.45) is 0 Å². The maximum absolute atomic E-state index is 11.1. The predicted octanol–water partition coefficient (Wildman–Crippen LogP) is 3.89. The summed E-state index contributed by atoms with van der Waals surface area (Å²) in [5, 5.41) is 20.0. The normalized spacial score (nSPS) is 9.85. The minimum absolute atomic E-state index is 0.0907. The molecule has 2 aromatic rings. The van der Waals surface area contributed by atoms with Gasteiger partial charge in [0.15, 0.2) is 0 Å². The minimum atomic E-state index is -0.502. The van der Waals surface area contributed by atoms with Crippen LogP contribution in [-0.2, 0) is 0 Å². The molecule has 0 heterocycles. The van der Waals surface area contributed by atoms with Crippen molar-refractivity contribution in [2.45, 2.75) is 0 Å². The van der Waals surface area contributed by atoms with Gasteiger partial charge in [0, 0.05) is 12.7 Å². The highest BCUT2D eigenvalue weighted by atomic mass is 35.5. The molecular weight excluding hydrogens is 278 g/mol. The van der Waals surface area contributed by atoms with E-state index in [1.807, 2.05) is 6.07 Å². The fraction of sp³-hybridized carbons (Fsp3) is 0.0714. The van der Waals surface area contributed by atoms with Gasteiger partial charge < -0.3 is 4.90 Å². The van der Waals surface area contributed by atoms with Crippen LogP contribution in [0.5, 0.6) is 0 Å². The Bertz CT molecular complexity index is 693. The smallest absolute Gasteiger partial charge is 0.311 e. The number of anilines is 2. The Morgan fingerprint density at radius 3 is 2.45 bits per heavy atom. The van der Waals surface area contributed by atoms with E-state index in [-0.39, 0.29) is 10.7 Å². The van der Waals surface area contributed by atoms with Gasteiger partial charge in [-0.25, -0.2) is 0 Å². The molecule has 0 fully saturated rings. The van der Waals surface area contributed by atoms with Gasteiger partial charge in [-0.1, -0.05) is 17.7 Å². The van der Waals surface area contributed by atoms with Gasteiger partial charge in [-0.05, 0) is 36.4 Å². The second-order valence-electron chi connectivity index (χ2n) is 4.08. The molecule has 20 heavy (non-hydrogen) atoms. The Kier molecular flexibility index (Phi) is 3.87. The number of halogens is 1. The fourth-order valence-electron chi connectivity index (χ4n) is 1.85. The lowest BCUT2D eigenvalue weighted by Gasteiger charge is -2.19. The van der Waals surface area contributed by atoms with E-state index in [4.69, 9.17) is 16.9 Å². The van der Waals surface area contributed by atoms with Crippen molar-refractivity contribution in [1.82, 2.24) is 0 Å². The summed E-state index contributed by atoms with van der Waals surface area (Å²) in [5.41, 5.74) is 1.52. The van der Waals surface area contributed by atoms with Crippen LogP contribution in [-0.4, -0.2) is 12.0 Å². The van der Waals surface area contributed by atoms with Crippen molar-refractivity contribution < 1.29 is 4.92 Å².